The van der Waals surface area contributed by atoms with Crippen molar-refractivity contribution in [2.45, 2.75) is 12.7 Å². The van der Waals surface area contributed by atoms with E-state index in [9.17, 15) is 22.4 Å². The van der Waals surface area contributed by atoms with Crippen LogP contribution in [0.2, 0.25) is 0 Å². The van der Waals surface area contributed by atoms with E-state index in [0.717, 1.165) is 12.1 Å². The number of nitrogens with zero attached hydrogens (tertiary/aromatic N) is 4. The molecule has 3 aromatic rings. The van der Waals surface area contributed by atoms with Crippen molar-refractivity contribution in [2.24, 2.45) is 5.16 Å². The highest BCUT2D eigenvalue weighted by Gasteiger charge is 2.38. The number of aromatic nitrogens is 2. The Kier molecular flexibility index (Phi) is 6.49. The lowest BCUT2D eigenvalue weighted by molar-refractivity contribution is -0.192. The van der Waals surface area contributed by atoms with Crippen molar-refractivity contribution >= 4 is 22.6 Å². The Morgan fingerprint density at radius 3 is 2.45 bits per heavy atom. The Balaban J connectivity index is 0.000000383. The first-order valence-corrected chi connectivity index (χ1v) is 9.36. The summed E-state index contributed by atoms with van der Waals surface area (Å²) in [5, 5.41) is 11.6. The first-order valence-electron chi connectivity index (χ1n) is 9.36. The molecule has 0 radical (unpaired) electrons. The normalized spacial score (nSPS) is 13.5. The number of benzene rings is 2. The summed E-state index contributed by atoms with van der Waals surface area (Å²) in [5.74, 6) is -2.82. The van der Waals surface area contributed by atoms with E-state index < -0.39 is 18.0 Å². The second-order valence-electron chi connectivity index (χ2n) is 7.25. The number of hydrogen-bond donors (Lipinski definition) is 1. The Bertz CT molecular complexity index is 1320. The van der Waals surface area contributed by atoms with Gasteiger partial charge < -0.3 is 14.8 Å². The lowest BCUT2D eigenvalue weighted by Crippen LogP contribution is -2.22. The van der Waals surface area contributed by atoms with Crippen LogP contribution in [0.1, 0.15) is 17.0 Å². The van der Waals surface area contributed by atoms with Gasteiger partial charge in [0, 0.05) is 12.1 Å². The van der Waals surface area contributed by atoms with Crippen LogP contribution in [-0.2, 0) is 16.2 Å². The molecular weight excluding hydrogens is 448 g/mol. The number of carbonyl (C=O) groups is 1. The van der Waals surface area contributed by atoms with Gasteiger partial charge >= 0.3 is 12.1 Å². The van der Waals surface area contributed by atoms with Crippen LogP contribution in [0.3, 0.4) is 0 Å². The zero-order valence-electron chi connectivity index (χ0n) is 17.6. The molecule has 0 unspecified atom stereocenters. The van der Waals surface area contributed by atoms with Crippen LogP contribution in [-0.4, -0.2) is 58.6 Å². The van der Waals surface area contributed by atoms with Gasteiger partial charge in [0.25, 0.3) is 5.56 Å². The van der Waals surface area contributed by atoms with Crippen LogP contribution in [0, 0.1) is 5.82 Å². The van der Waals surface area contributed by atoms with Crippen LogP contribution < -0.4 is 5.56 Å². The summed E-state index contributed by atoms with van der Waals surface area (Å²) in [6.45, 7) is 0.718. The summed E-state index contributed by atoms with van der Waals surface area (Å²) in [6, 6.07) is 9.84. The van der Waals surface area contributed by atoms with Crippen LogP contribution in [0.5, 0.6) is 0 Å². The second-order valence-corrected chi connectivity index (χ2v) is 7.25. The van der Waals surface area contributed by atoms with Crippen molar-refractivity contribution in [3.8, 4) is 5.69 Å². The van der Waals surface area contributed by atoms with E-state index in [4.69, 9.17) is 14.7 Å². The van der Waals surface area contributed by atoms with Crippen molar-refractivity contribution < 1.29 is 32.3 Å². The summed E-state index contributed by atoms with van der Waals surface area (Å²) < 4.78 is 46.9. The third-order valence-corrected chi connectivity index (χ3v) is 4.52. The Labute approximate surface area is 184 Å². The molecule has 0 saturated carbocycles. The number of carboxylic acids is 1. The van der Waals surface area contributed by atoms with E-state index in [1.165, 1.54) is 23.8 Å². The molecule has 0 atom stereocenters. The molecule has 4 rings (SSSR count). The lowest BCUT2D eigenvalue weighted by atomic mass is 10.1. The fraction of sp³-hybridized carbons (Fsp3) is 0.238. The third kappa shape index (κ3) is 4.85. The summed E-state index contributed by atoms with van der Waals surface area (Å²) in [6.07, 6.45) is -5.08. The number of aliphatic carboxylic acids is 1. The van der Waals surface area contributed by atoms with Gasteiger partial charge in [0.15, 0.2) is 11.5 Å². The van der Waals surface area contributed by atoms with Crippen molar-refractivity contribution in [3.05, 3.63) is 69.5 Å². The van der Waals surface area contributed by atoms with Gasteiger partial charge in [-0.2, -0.15) is 13.2 Å². The number of rotatable bonds is 3. The molecule has 0 spiro atoms. The number of carboxylic acid groups (broad SMARTS) is 1. The summed E-state index contributed by atoms with van der Waals surface area (Å²) in [7, 11) is 5.34. The van der Waals surface area contributed by atoms with Crippen molar-refractivity contribution in [1.29, 1.82) is 0 Å². The minimum Gasteiger partial charge on any atom is -0.475 e. The minimum absolute atomic E-state index is 0.209. The second kappa shape index (κ2) is 8.98. The molecule has 2 heterocycles. The van der Waals surface area contributed by atoms with Gasteiger partial charge in [-0.25, -0.2) is 14.2 Å². The standard InChI is InChI=1S/C19H17FN4O2.C2HF3O2/c1-23(2)10-11-4-6-15-13(8-11)19(25)24-16-7-5-12(20)9-14(16)17(22-26-3)18(24)21-15;3-2(4,5)1(6)7/h4-9H,10H2,1-3H3;(H,6,7)/b22-17-;. The molecular formula is C21H18F4N4O4. The van der Waals surface area contributed by atoms with Crippen LogP contribution in [0.15, 0.2) is 46.3 Å². The zero-order valence-corrected chi connectivity index (χ0v) is 17.6. The molecule has 0 saturated heterocycles. The van der Waals surface area contributed by atoms with Gasteiger partial charge in [-0.05, 0) is 50.0 Å². The lowest BCUT2D eigenvalue weighted by Gasteiger charge is -2.11. The number of fused-ring (bicyclic) bond motifs is 4. The zero-order chi connectivity index (χ0) is 24.5. The number of halogens is 4. The predicted molar refractivity (Wildman–Crippen MR) is 111 cm³/mol. The molecule has 1 aliphatic heterocycles. The highest BCUT2D eigenvalue weighted by molar-refractivity contribution is 6.16. The number of alkyl halides is 3. The molecule has 1 aromatic heterocycles. The van der Waals surface area contributed by atoms with E-state index in [1.807, 2.05) is 37.2 Å². The smallest absolute Gasteiger partial charge is 0.475 e. The first-order chi connectivity index (χ1) is 15.4. The summed E-state index contributed by atoms with van der Waals surface area (Å²) in [4.78, 5) is 33.6. The molecule has 8 nitrogen and oxygen atoms in total. The van der Waals surface area contributed by atoms with Gasteiger partial charge in [-0.1, -0.05) is 11.2 Å². The third-order valence-electron chi connectivity index (χ3n) is 4.52. The fourth-order valence-electron chi connectivity index (χ4n) is 3.27. The van der Waals surface area contributed by atoms with Gasteiger partial charge in [0.2, 0.25) is 0 Å². The predicted octanol–water partition coefficient (Wildman–Crippen LogP) is 2.93. The quantitative estimate of drug-likeness (QED) is 0.369. The minimum atomic E-state index is -5.08. The van der Waals surface area contributed by atoms with E-state index >= 15 is 0 Å². The monoisotopic (exact) mass is 466 g/mol. The highest BCUT2D eigenvalue weighted by atomic mass is 19.4. The Morgan fingerprint density at radius 2 is 1.88 bits per heavy atom. The van der Waals surface area contributed by atoms with E-state index in [-0.39, 0.29) is 5.56 Å². The molecule has 0 amide bonds. The van der Waals surface area contributed by atoms with Crippen LogP contribution in [0.4, 0.5) is 17.6 Å². The first kappa shape index (κ1) is 23.9. The number of oxime groups is 1. The van der Waals surface area contributed by atoms with Gasteiger partial charge in [-0.15, -0.1) is 0 Å². The van der Waals surface area contributed by atoms with E-state index in [2.05, 4.69) is 10.1 Å². The van der Waals surface area contributed by atoms with Gasteiger partial charge in [0.1, 0.15) is 12.9 Å². The molecule has 12 heteroatoms. The van der Waals surface area contributed by atoms with Gasteiger partial charge in [0.05, 0.1) is 16.6 Å². The average molecular weight is 466 g/mol. The van der Waals surface area contributed by atoms with Crippen LogP contribution in [0.25, 0.3) is 16.6 Å². The van der Waals surface area contributed by atoms with E-state index in [0.29, 0.717) is 33.7 Å². The highest BCUT2D eigenvalue weighted by Crippen LogP contribution is 2.28. The molecule has 0 fully saturated rings. The van der Waals surface area contributed by atoms with E-state index in [1.54, 1.807) is 6.07 Å². The maximum Gasteiger partial charge on any atom is 0.490 e. The molecule has 0 bridgehead atoms. The molecule has 2 aromatic carbocycles. The number of hydrogen-bond acceptors (Lipinski definition) is 6. The van der Waals surface area contributed by atoms with Gasteiger partial charge in [-0.3, -0.25) is 9.36 Å². The van der Waals surface area contributed by atoms with Crippen molar-refractivity contribution in [1.82, 2.24) is 14.5 Å². The molecule has 1 aliphatic rings. The summed E-state index contributed by atoms with van der Waals surface area (Å²) >= 11 is 0. The molecule has 1 N–H and O–H groups in total. The molecule has 174 valence electrons. The maximum atomic E-state index is 13.7. The molecule has 0 aliphatic carbocycles. The summed E-state index contributed by atoms with van der Waals surface area (Å²) in [5.41, 5.74) is 2.76. The van der Waals surface area contributed by atoms with Crippen LogP contribution >= 0.6 is 0 Å². The SMILES string of the molecule is CO/N=C1/c2cc(F)ccc2-n2c1nc1ccc(CN(C)C)cc1c2=O.O=C(O)C(F)(F)F. The Morgan fingerprint density at radius 1 is 1.21 bits per heavy atom. The molecule has 33 heavy (non-hydrogen) atoms. The largest absolute Gasteiger partial charge is 0.490 e. The van der Waals surface area contributed by atoms with Crippen molar-refractivity contribution in [2.75, 3.05) is 21.2 Å². The average Bonchev–Trinajstić information content (AvgIpc) is 3.01. The topological polar surface area (TPSA) is 97.0 Å². The Hall–Kier alpha value is -3.80. The fourth-order valence-corrected chi connectivity index (χ4v) is 3.27. The van der Waals surface area contributed by atoms with Crippen molar-refractivity contribution in [3.63, 3.8) is 0 Å². The maximum absolute atomic E-state index is 13.7.